The number of hydrogen-bond acceptors (Lipinski definition) is 2. The van der Waals surface area contributed by atoms with Crippen molar-refractivity contribution in [3.8, 4) is 0 Å². The van der Waals surface area contributed by atoms with Gasteiger partial charge in [-0.3, -0.25) is 0 Å². The highest BCUT2D eigenvalue weighted by atomic mass is 35.5. The predicted molar refractivity (Wildman–Crippen MR) is 43.4 cm³/mol. The molecule has 0 spiro atoms. The largest absolute Gasteiger partial charge is 1.00 e. The zero-order valence-electron chi connectivity index (χ0n) is 7.43. The Morgan fingerprint density at radius 2 is 2.00 bits per heavy atom. The number of nitrogens with zero attached hydrogens (tertiary/aromatic N) is 2. The second-order valence-corrected chi connectivity index (χ2v) is 2.69. The molecule has 0 saturated carbocycles. The highest BCUT2D eigenvalue weighted by Gasteiger charge is 2.01. The molecule has 1 heterocycles. The number of imidazole rings is 1. The predicted octanol–water partition coefficient (Wildman–Crippen LogP) is -3.85. The average Bonchev–Trinajstić information content (AvgIpc) is 2.50. The van der Waals surface area contributed by atoms with E-state index in [-0.39, 0.29) is 25.6 Å². The van der Waals surface area contributed by atoms with Gasteiger partial charge in [-0.05, 0) is 0 Å². The van der Waals surface area contributed by atoms with Crippen molar-refractivity contribution < 1.29 is 27.2 Å². The highest BCUT2D eigenvalue weighted by molar-refractivity contribution is 4.65. The van der Waals surface area contributed by atoms with Crippen LogP contribution in [-0.2, 0) is 13.1 Å². The lowest BCUT2D eigenvalue weighted by Crippen LogP contribution is -3.00. The van der Waals surface area contributed by atoms with E-state index in [2.05, 4.69) is 0 Å². The quantitative estimate of drug-likeness (QED) is 0.485. The molecule has 0 bridgehead atoms. The van der Waals surface area contributed by atoms with Crippen molar-refractivity contribution >= 4 is 0 Å². The third-order valence-electron chi connectivity index (χ3n) is 1.68. The van der Waals surface area contributed by atoms with Gasteiger partial charge in [-0.15, -0.1) is 0 Å². The fourth-order valence-corrected chi connectivity index (χ4v) is 1.07. The Morgan fingerprint density at radius 3 is 2.62 bits per heavy atom. The van der Waals surface area contributed by atoms with Crippen LogP contribution >= 0.6 is 0 Å². The number of hydrogen-bond donors (Lipinski definition) is 2. The van der Waals surface area contributed by atoms with Crippen LogP contribution in [0.2, 0.25) is 0 Å². The molecule has 0 fully saturated rings. The molecule has 0 aliphatic heterocycles. The maximum atomic E-state index is 8.63. The van der Waals surface area contributed by atoms with Crippen molar-refractivity contribution in [2.75, 3.05) is 13.2 Å². The number of aryl methyl sites for hydroxylation is 1. The van der Waals surface area contributed by atoms with Crippen LogP contribution in [0.4, 0.5) is 0 Å². The molecule has 0 saturated heterocycles. The molecule has 0 aromatic carbocycles. The van der Waals surface area contributed by atoms with Crippen LogP contribution in [0.5, 0.6) is 0 Å². The summed E-state index contributed by atoms with van der Waals surface area (Å²) in [6.07, 6.45) is 6.54. The zero-order chi connectivity index (χ0) is 8.81. The second kappa shape index (κ2) is 6.88. The summed E-state index contributed by atoms with van der Waals surface area (Å²) < 4.78 is 3.91. The molecule has 4 nitrogen and oxygen atoms in total. The van der Waals surface area contributed by atoms with Crippen molar-refractivity contribution in [3.05, 3.63) is 18.7 Å². The number of aliphatic hydroxyl groups excluding tert-OH is 2. The van der Waals surface area contributed by atoms with Gasteiger partial charge in [-0.1, -0.05) is 0 Å². The van der Waals surface area contributed by atoms with Crippen molar-refractivity contribution in [1.82, 2.24) is 4.57 Å². The summed E-state index contributed by atoms with van der Waals surface area (Å²) in [7, 11) is 0. The summed E-state index contributed by atoms with van der Waals surface area (Å²) in [5.41, 5.74) is 0. The van der Waals surface area contributed by atoms with E-state index in [4.69, 9.17) is 10.2 Å². The van der Waals surface area contributed by atoms with E-state index in [0.29, 0.717) is 6.54 Å². The number of rotatable bonds is 5. The van der Waals surface area contributed by atoms with Gasteiger partial charge in [0, 0.05) is 13.0 Å². The molecule has 1 aromatic rings. The van der Waals surface area contributed by atoms with Crippen LogP contribution in [0, 0.1) is 0 Å². The topological polar surface area (TPSA) is 49.3 Å². The van der Waals surface area contributed by atoms with Gasteiger partial charge in [0.05, 0.1) is 13.2 Å². The number of aliphatic hydroxyl groups is 2. The van der Waals surface area contributed by atoms with E-state index >= 15 is 0 Å². The Hall–Kier alpha value is -0.580. The molecule has 0 aliphatic carbocycles. The molecule has 5 heteroatoms. The molecule has 0 radical (unpaired) electrons. The minimum absolute atomic E-state index is 0. The molecule has 1 rings (SSSR count). The van der Waals surface area contributed by atoms with Crippen molar-refractivity contribution in [1.29, 1.82) is 0 Å². The van der Waals surface area contributed by atoms with E-state index in [0.717, 1.165) is 13.0 Å². The third kappa shape index (κ3) is 4.26. The van der Waals surface area contributed by atoms with Gasteiger partial charge in [0.25, 0.3) is 0 Å². The molecule has 13 heavy (non-hydrogen) atoms. The smallest absolute Gasteiger partial charge is 0.243 e. The maximum Gasteiger partial charge on any atom is 0.243 e. The monoisotopic (exact) mass is 206 g/mol. The molecule has 1 aromatic heterocycles. The molecule has 0 unspecified atom stereocenters. The lowest BCUT2D eigenvalue weighted by atomic mass is 10.4. The number of halogens is 1. The first-order chi connectivity index (χ1) is 5.86. The Kier molecular flexibility index (Phi) is 6.58. The van der Waals surface area contributed by atoms with Crippen LogP contribution in [0.1, 0.15) is 6.42 Å². The first kappa shape index (κ1) is 12.4. The third-order valence-corrected chi connectivity index (χ3v) is 1.68. The van der Waals surface area contributed by atoms with Crippen LogP contribution in [0.3, 0.4) is 0 Å². The summed E-state index contributed by atoms with van der Waals surface area (Å²) in [5.74, 6) is 0. The normalized spacial score (nSPS) is 9.69. The lowest BCUT2D eigenvalue weighted by molar-refractivity contribution is -0.697. The van der Waals surface area contributed by atoms with E-state index in [1.165, 1.54) is 0 Å². The summed E-state index contributed by atoms with van der Waals surface area (Å²) >= 11 is 0. The SMILES string of the molecule is OCCC[n+]1ccn(CCO)c1.[Cl-]. The average molecular weight is 207 g/mol. The Labute approximate surface area is 83.8 Å². The second-order valence-electron chi connectivity index (χ2n) is 2.69. The zero-order valence-corrected chi connectivity index (χ0v) is 8.19. The van der Waals surface area contributed by atoms with Gasteiger partial charge in [-0.2, -0.15) is 0 Å². The minimum atomic E-state index is 0. The van der Waals surface area contributed by atoms with Gasteiger partial charge in [0.1, 0.15) is 18.9 Å². The van der Waals surface area contributed by atoms with Crippen LogP contribution < -0.4 is 17.0 Å². The van der Waals surface area contributed by atoms with E-state index < -0.39 is 0 Å². The molecule has 76 valence electrons. The number of aromatic nitrogens is 2. The van der Waals surface area contributed by atoms with Crippen molar-refractivity contribution in [2.24, 2.45) is 0 Å². The first-order valence-corrected chi connectivity index (χ1v) is 4.13. The first-order valence-electron chi connectivity index (χ1n) is 4.13. The van der Waals surface area contributed by atoms with E-state index in [9.17, 15) is 0 Å². The molecule has 0 aliphatic rings. The van der Waals surface area contributed by atoms with Crippen molar-refractivity contribution in [3.63, 3.8) is 0 Å². The van der Waals surface area contributed by atoms with Gasteiger partial charge in [-0.25, -0.2) is 9.13 Å². The highest BCUT2D eigenvalue weighted by Crippen LogP contribution is 1.84. The molecule has 0 amide bonds. The fourth-order valence-electron chi connectivity index (χ4n) is 1.07. The molecular formula is C8H15ClN2O2. The lowest BCUT2D eigenvalue weighted by Gasteiger charge is -1.92. The van der Waals surface area contributed by atoms with Gasteiger partial charge < -0.3 is 22.6 Å². The standard InChI is InChI=1S/C8H15N2O2.ClH/c11-6-1-2-9-3-4-10(8-9)5-7-12;/h3-4,8,11-12H,1-2,5-7H2;1H/q+1;/p-1. The molecular weight excluding hydrogens is 192 g/mol. The Morgan fingerprint density at radius 1 is 1.23 bits per heavy atom. The summed E-state index contributed by atoms with van der Waals surface area (Å²) in [5, 5.41) is 17.2. The van der Waals surface area contributed by atoms with Crippen LogP contribution in [0.25, 0.3) is 0 Å². The molecule has 2 N–H and O–H groups in total. The van der Waals surface area contributed by atoms with Gasteiger partial charge >= 0.3 is 0 Å². The van der Waals surface area contributed by atoms with Gasteiger partial charge in [0.2, 0.25) is 6.33 Å². The van der Waals surface area contributed by atoms with Crippen molar-refractivity contribution in [2.45, 2.75) is 19.5 Å². The Balaban J connectivity index is 0.00000144. The summed E-state index contributed by atoms with van der Waals surface area (Å²) in [6, 6.07) is 0. The van der Waals surface area contributed by atoms with Crippen LogP contribution in [-0.4, -0.2) is 28.0 Å². The van der Waals surface area contributed by atoms with Gasteiger partial charge in [0.15, 0.2) is 0 Å². The maximum absolute atomic E-state index is 8.63. The van der Waals surface area contributed by atoms with E-state index in [1.807, 2.05) is 27.9 Å². The van der Waals surface area contributed by atoms with E-state index in [1.54, 1.807) is 0 Å². The fraction of sp³-hybridized carbons (Fsp3) is 0.625. The summed E-state index contributed by atoms with van der Waals surface area (Å²) in [6.45, 7) is 1.84. The Bertz CT molecular complexity index is 228. The van der Waals surface area contributed by atoms with Crippen LogP contribution in [0.15, 0.2) is 18.7 Å². The molecule has 0 atom stereocenters. The minimum Gasteiger partial charge on any atom is -1.00 e. The summed E-state index contributed by atoms with van der Waals surface area (Å²) in [4.78, 5) is 0.